The van der Waals surface area contributed by atoms with Gasteiger partial charge in [-0.1, -0.05) is 86.9 Å². The molecule has 0 amide bonds. The monoisotopic (exact) mass is 790 g/mol. The van der Waals surface area contributed by atoms with Crippen LogP contribution >= 0.6 is 0 Å². The molecule has 312 valence electrons. The van der Waals surface area contributed by atoms with Gasteiger partial charge in [0, 0.05) is 24.8 Å². The van der Waals surface area contributed by atoms with E-state index in [2.05, 4.69) is 79.2 Å². The summed E-state index contributed by atoms with van der Waals surface area (Å²) in [4.78, 5) is 26.1. The summed E-state index contributed by atoms with van der Waals surface area (Å²) in [5.74, 6) is 1.000. The molecular formula is C50H67N3O5. The van der Waals surface area contributed by atoms with E-state index in [4.69, 9.17) is 10.5 Å². The molecule has 3 unspecified atom stereocenters. The largest absolute Gasteiger partial charge is 0.504 e. The van der Waals surface area contributed by atoms with Crippen LogP contribution in [0.3, 0.4) is 0 Å². The standard InChI is InChI=1S/C50H67N3O5/c1-36(50(52-2)25-7-8-26-50)28-38(17-11-27-54)16-10-18-45(55)34-46(56)24-23-41-32-48(58-3)47(57)31-43(41)30-44-35-53-49(51)33-42(44)22-21-40-15-9-14-39(29-40)20-19-37-12-5-4-6-13-37/h4-6,9,12-15,23-24,29,31-33,35-36,38,49,52-54,57H,7-8,10-11,16-22,25-28,30,34,51H2,1-3H3. The number of nitrogens with two attached hydrogens (primary N) is 1. The van der Waals surface area contributed by atoms with Crippen molar-refractivity contribution >= 4 is 17.6 Å². The van der Waals surface area contributed by atoms with Crippen LogP contribution in [0.1, 0.15) is 112 Å². The molecule has 0 aromatic heterocycles. The summed E-state index contributed by atoms with van der Waals surface area (Å²) in [6, 6.07) is 22.8. The van der Waals surface area contributed by atoms with Crippen molar-refractivity contribution in [2.75, 3.05) is 20.8 Å². The maximum absolute atomic E-state index is 13.1. The third-order valence-corrected chi connectivity index (χ3v) is 12.6. The fourth-order valence-corrected chi connectivity index (χ4v) is 9.12. The molecular weight excluding hydrogens is 723 g/mol. The fourth-order valence-electron chi connectivity index (χ4n) is 9.12. The highest BCUT2D eigenvalue weighted by Gasteiger charge is 2.38. The van der Waals surface area contributed by atoms with Gasteiger partial charge in [-0.05, 0) is 153 Å². The molecule has 1 aliphatic heterocycles. The lowest BCUT2D eigenvalue weighted by atomic mass is 9.76. The Labute approximate surface area is 347 Å². The van der Waals surface area contributed by atoms with E-state index < -0.39 is 0 Å². The summed E-state index contributed by atoms with van der Waals surface area (Å²) in [5, 5.41) is 27.2. The number of benzene rings is 3. The Kier molecular flexibility index (Phi) is 17.4. The number of methoxy groups -OCH3 is 1. The third-order valence-electron chi connectivity index (χ3n) is 12.6. The molecule has 2 aliphatic rings. The predicted molar refractivity (Wildman–Crippen MR) is 236 cm³/mol. The van der Waals surface area contributed by atoms with Crippen LogP contribution in [0.5, 0.6) is 11.5 Å². The van der Waals surface area contributed by atoms with E-state index in [0.717, 1.165) is 80.1 Å². The lowest BCUT2D eigenvalue weighted by molar-refractivity contribution is -0.124. The number of phenolic OH excluding ortho intramolecular Hbond substituents is 1. The van der Waals surface area contributed by atoms with Crippen molar-refractivity contribution in [1.82, 2.24) is 10.6 Å². The van der Waals surface area contributed by atoms with Crippen LogP contribution in [0.4, 0.5) is 0 Å². The molecule has 1 heterocycles. The van der Waals surface area contributed by atoms with Gasteiger partial charge in [-0.3, -0.25) is 9.59 Å². The van der Waals surface area contributed by atoms with Crippen LogP contribution in [0.25, 0.3) is 6.08 Å². The fraction of sp³-hybridized carbons (Fsp3) is 0.480. The third kappa shape index (κ3) is 13.3. The molecule has 1 saturated carbocycles. The molecule has 0 radical (unpaired) electrons. The molecule has 0 saturated heterocycles. The normalized spacial score (nSPS) is 17.4. The Hall–Kier alpha value is -4.50. The number of phenols is 1. The van der Waals surface area contributed by atoms with Gasteiger partial charge in [0.25, 0.3) is 0 Å². The summed E-state index contributed by atoms with van der Waals surface area (Å²) >= 11 is 0. The van der Waals surface area contributed by atoms with Crippen molar-refractivity contribution in [3.8, 4) is 11.5 Å². The van der Waals surface area contributed by atoms with Gasteiger partial charge in [-0.2, -0.15) is 0 Å². The van der Waals surface area contributed by atoms with Crippen LogP contribution in [-0.2, 0) is 35.3 Å². The van der Waals surface area contributed by atoms with Crippen LogP contribution in [0.2, 0.25) is 0 Å². The number of hydrogen-bond acceptors (Lipinski definition) is 8. The molecule has 1 aliphatic carbocycles. The lowest BCUT2D eigenvalue weighted by Gasteiger charge is -2.37. The average molecular weight is 790 g/mol. The smallest absolute Gasteiger partial charge is 0.163 e. The number of allylic oxidation sites excluding steroid dienone is 3. The quantitative estimate of drug-likeness (QED) is 0.0450. The zero-order valence-electron chi connectivity index (χ0n) is 35.1. The number of nitrogens with one attached hydrogen (secondary N) is 2. The number of rotatable bonds is 24. The van der Waals surface area contributed by atoms with Gasteiger partial charge in [-0.25, -0.2) is 0 Å². The van der Waals surface area contributed by atoms with E-state index in [1.807, 2.05) is 12.3 Å². The Morgan fingerprint density at radius 2 is 1.64 bits per heavy atom. The highest BCUT2D eigenvalue weighted by atomic mass is 16.5. The van der Waals surface area contributed by atoms with E-state index in [1.54, 1.807) is 18.2 Å². The number of Topliss-reactive ketones (excluding diaryl/α,β-unsaturated/α-hetero) is 1. The molecule has 8 nitrogen and oxygen atoms in total. The number of aliphatic hydroxyl groups excluding tert-OH is 1. The van der Waals surface area contributed by atoms with Crippen LogP contribution in [-0.4, -0.2) is 54.2 Å². The van der Waals surface area contributed by atoms with Gasteiger partial charge in [0.1, 0.15) is 5.78 Å². The maximum Gasteiger partial charge on any atom is 0.163 e. The Balaban J connectivity index is 1.17. The zero-order valence-corrected chi connectivity index (χ0v) is 35.1. The van der Waals surface area contributed by atoms with Crippen molar-refractivity contribution in [3.63, 3.8) is 0 Å². The number of aromatic hydroxyl groups is 1. The lowest BCUT2D eigenvalue weighted by Crippen LogP contribution is -2.46. The van der Waals surface area contributed by atoms with Gasteiger partial charge >= 0.3 is 0 Å². The number of aliphatic hydroxyl groups is 1. The summed E-state index contributed by atoms with van der Waals surface area (Å²) in [6.07, 6.45) is 20.7. The molecule has 3 atom stereocenters. The molecule has 5 rings (SSSR count). The number of ether oxygens (including phenoxy) is 1. The van der Waals surface area contributed by atoms with Crippen LogP contribution in [0, 0.1) is 11.8 Å². The van der Waals surface area contributed by atoms with E-state index in [9.17, 15) is 19.8 Å². The highest BCUT2D eigenvalue weighted by molar-refractivity contribution is 6.06. The summed E-state index contributed by atoms with van der Waals surface area (Å²) in [6.45, 7) is 2.53. The molecule has 0 bridgehead atoms. The Morgan fingerprint density at radius 3 is 2.34 bits per heavy atom. The number of aryl methyl sites for hydroxylation is 3. The topological polar surface area (TPSA) is 134 Å². The summed E-state index contributed by atoms with van der Waals surface area (Å²) in [5.41, 5.74) is 14.2. The van der Waals surface area contributed by atoms with E-state index >= 15 is 0 Å². The second kappa shape index (κ2) is 22.6. The number of hydrogen-bond donors (Lipinski definition) is 5. The molecule has 58 heavy (non-hydrogen) atoms. The maximum atomic E-state index is 13.1. The van der Waals surface area contributed by atoms with E-state index in [-0.39, 0.29) is 42.0 Å². The van der Waals surface area contributed by atoms with Crippen molar-refractivity contribution in [3.05, 3.63) is 124 Å². The summed E-state index contributed by atoms with van der Waals surface area (Å²) in [7, 11) is 3.58. The first-order valence-corrected chi connectivity index (χ1v) is 21.6. The van der Waals surface area contributed by atoms with Gasteiger partial charge in [0.2, 0.25) is 0 Å². The van der Waals surface area contributed by atoms with E-state index in [1.165, 1.54) is 55.6 Å². The number of ketones is 2. The van der Waals surface area contributed by atoms with Crippen molar-refractivity contribution < 1.29 is 24.5 Å². The molecule has 0 spiro atoms. The first kappa shape index (κ1) is 44.6. The Morgan fingerprint density at radius 1 is 0.948 bits per heavy atom. The molecule has 1 fully saturated rings. The first-order valence-electron chi connectivity index (χ1n) is 21.6. The predicted octanol–water partition coefficient (Wildman–Crippen LogP) is 8.72. The van der Waals surface area contributed by atoms with Gasteiger partial charge in [-0.15, -0.1) is 0 Å². The number of carbonyl (C=O) groups is 2. The van der Waals surface area contributed by atoms with Gasteiger partial charge in [0.15, 0.2) is 17.3 Å². The van der Waals surface area contributed by atoms with Crippen molar-refractivity contribution in [1.29, 1.82) is 0 Å². The van der Waals surface area contributed by atoms with Gasteiger partial charge in [0.05, 0.1) is 19.7 Å². The minimum absolute atomic E-state index is 0.0196. The average Bonchev–Trinajstić information content (AvgIpc) is 3.73. The molecule has 6 N–H and O–H groups in total. The molecule has 3 aromatic carbocycles. The van der Waals surface area contributed by atoms with Crippen molar-refractivity contribution in [2.45, 2.75) is 121 Å². The molecule has 8 heteroatoms. The molecule has 3 aromatic rings. The Bertz CT molecular complexity index is 1880. The summed E-state index contributed by atoms with van der Waals surface area (Å²) < 4.78 is 5.43. The van der Waals surface area contributed by atoms with Crippen LogP contribution in [0.15, 0.2) is 96.2 Å². The second-order valence-electron chi connectivity index (χ2n) is 16.6. The van der Waals surface area contributed by atoms with Crippen molar-refractivity contribution in [2.24, 2.45) is 17.6 Å². The minimum atomic E-state index is -0.299. The van der Waals surface area contributed by atoms with E-state index in [0.29, 0.717) is 30.4 Å². The highest BCUT2D eigenvalue weighted by Crippen LogP contribution is 2.40. The second-order valence-corrected chi connectivity index (χ2v) is 16.6. The van der Waals surface area contributed by atoms with Crippen LogP contribution < -0.4 is 21.1 Å². The minimum Gasteiger partial charge on any atom is -0.504 e. The number of dihydropyridines is 1. The SMILES string of the molecule is CNC1(C(C)CC(CCCO)CCCC(=O)CC(=O)C=Cc2cc(OC)c(O)cc2CC2=CNC(N)C=C2CCc2cccc(CCc3ccccc3)c2)CCCC1. The van der Waals surface area contributed by atoms with Gasteiger partial charge < -0.3 is 31.3 Å². The number of carbonyl (C=O) groups excluding carboxylic acids is 2. The zero-order chi connectivity index (χ0) is 41.3. The first-order chi connectivity index (χ1) is 28.1.